The first kappa shape index (κ1) is 12.7. The van der Waals surface area contributed by atoms with E-state index >= 15 is 0 Å². The summed E-state index contributed by atoms with van der Waals surface area (Å²) in [4.78, 5) is 1.21. The summed E-state index contributed by atoms with van der Waals surface area (Å²) >= 11 is 7.78. The van der Waals surface area contributed by atoms with Gasteiger partial charge in [-0.15, -0.1) is 11.8 Å². The van der Waals surface area contributed by atoms with Gasteiger partial charge in [-0.05, 0) is 36.3 Å². The van der Waals surface area contributed by atoms with Gasteiger partial charge in [0.15, 0.2) is 0 Å². The van der Waals surface area contributed by atoms with E-state index in [-0.39, 0.29) is 0 Å². The van der Waals surface area contributed by atoms with Gasteiger partial charge in [0.05, 0.1) is 10.7 Å². The zero-order valence-electron chi connectivity index (χ0n) is 9.29. The molecule has 84 valence electrons. The molecular weight excluding hydrogens is 226 g/mol. The zero-order chi connectivity index (χ0) is 11.3. The first-order chi connectivity index (χ1) is 7.09. The van der Waals surface area contributed by atoms with Gasteiger partial charge in [-0.3, -0.25) is 0 Å². The van der Waals surface area contributed by atoms with Crippen LogP contribution < -0.4 is 5.73 Å². The fourth-order valence-electron chi connectivity index (χ4n) is 1.28. The number of hydrogen-bond donors (Lipinski definition) is 1. The number of halogens is 1. The molecule has 0 heterocycles. The van der Waals surface area contributed by atoms with Crippen molar-refractivity contribution in [3.63, 3.8) is 0 Å². The molecule has 1 rings (SSSR count). The van der Waals surface area contributed by atoms with Gasteiger partial charge in [0.1, 0.15) is 0 Å². The van der Waals surface area contributed by atoms with Crippen LogP contribution in [0.25, 0.3) is 0 Å². The van der Waals surface area contributed by atoms with Crippen LogP contribution in [-0.4, -0.2) is 5.75 Å². The van der Waals surface area contributed by atoms with E-state index in [1.54, 1.807) is 0 Å². The van der Waals surface area contributed by atoms with Gasteiger partial charge in [0.2, 0.25) is 0 Å². The van der Waals surface area contributed by atoms with E-state index in [0.717, 1.165) is 11.7 Å². The largest absolute Gasteiger partial charge is 0.398 e. The van der Waals surface area contributed by atoms with E-state index in [0.29, 0.717) is 10.7 Å². The molecule has 0 aliphatic heterocycles. The summed E-state index contributed by atoms with van der Waals surface area (Å²) in [6.07, 6.45) is 2.54. The second-order valence-corrected chi connectivity index (χ2v) is 5.64. The number of thioether (sulfide) groups is 1. The van der Waals surface area contributed by atoms with Crippen LogP contribution >= 0.6 is 23.4 Å². The third kappa shape index (κ3) is 4.80. The topological polar surface area (TPSA) is 26.0 Å². The fraction of sp³-hybridized carbons (Fsp3) is 0.500. The summed E-state index contributed by atoms with van der Waals surface area (Å²) in [5, 5.41) is 0.656. The molecule has 0 spiro atoms. The van der Waals surface area contributed by atoms with Crippen molar-refractivity contribution >= 4 is 29.1 Å². The van der Waals surface area contributed by atoms with Crippen LogP contribution in [0.1, 0.15) is 26.7 Å². The Balaban J connectivity index is 2.35. The molecule has 1 aromatic rings. The van der Waals surface area contributed by atoms with Crippen molar-refractivity contribution in [2.45, 2.75) is 31.6 Å². The molecule has 0 aliphatic rings. The summed E-state index contributed by atoms with van der Waals surface area (Å²) < 4.78 is 0. The van der Waals surface area contributed by atoms with Crippen molar-refractivity contribution in [1.29, 1.82) is 0 Å². The number of benzene rings is 1. The molecule has 0 radical (unpaired) electrons. The van der Waals surface area contributed by atoms with Crippen molar-refractivity contribution < 1.29 is 0 Å². The lowest BCUT2D eigenvalue weighted by molar-refractivity contribution is 0.579. The first-order valence-electron chi connectivity index (χ1n) is 5.27. The SMILES string of the molecule is CC(C)CCCSc1ccc(N)c(Cl)c1. The highest BCUT2D eigenvalue weighted by Gasteiger charge is 2.00. The quantitative estimate of drug-likeness (QED) is 0.470. The van der Waals surface area contributed by atoms with Crippen LogP contribution in [-0.2, 0) is 0 Å². The second kappa shape index (κ2) is 6.29. The molecular formula is C12H18ClNS. The molecule has 0 fully saturated rings. The molecule has 0 saturated carbocycles. The lowest BCUT2D eigenvalue weighted by Gasteiger charge is -2.05. The van der Waals surface area contributed by atoms with Crippen LogP contribution in [0.5, 0.6) is 0 Å². The van der Waals surface area contributed by atoms with Gasteiger partial charge in [-0.25, -0.2) is 0 Å². The van der Waals surface area contributed by atoms with Crippen molar-refractivity contribution in [2.75, 3.05) is 11.5 Å². The smallest absolute Gasteiger partial charge is 0.0646 e. The van der Waals surface area contributed by atoms with Gasteiger partial charge in [0.25, 0.3) is 0 Å². The minimum atomic E-state index is 0.656. The zero-order valence-corrected chi connectivity index (χ0v) is 10.9. The minimum Gasteiger partial charge on any atom is -0.398 e. The molecule has 15 heavy (non-hydrogen) atoms. The van der Waals surface area contributed by atoms with Crippen LogP contribution in [0.15, 0.2) is 23.1 Å². The van der Waals surface area contributed by atoms with Gasteiger partial charge in [-0.2, -0.15) is 0 Å². The van der Waals surface area contributed by atoms with Gasteiger partial charge < -0.3 is 5.73 Å². The number of rotatable bonds is 5. The Morgan fingerprint density at radius 1 is 1.40 bits per heavy atom. The van der Waals surface area contributed by atoms with Crippen molar-refractivity contribution in [1.82, 2.24) is 0 Å². The molecule has 1 nitrogen and oxygen atoms in total. The Hall–Kier alpha value is -0.340. The maximum absolute atomic E-state index is 5.94. The molecule has 0 amide bonds. The van der Waals surface area contributed by atoms with Gasteiger partial charge in [0, 0.05) is 4.90 Å². The van der Waals surface area contributed by atoms with E-state index in [1.165, 1.54) is 17.7 Å². The highest BCUT2D eigenvalue weighted by atomic mass is 35.5. The Kier molecular flexibility index (Phi) is 5.34. The van der Waals surface area contributed by atoms with Gasteiger partial charge >= 0.3 is 0 Å². The molecule has 0 aromatic heterocycles. The third-order valence-electron chi connectivity index (χ3n) is 2.17. The van der Waals surface area contributed by atoms with Crippen LogP contribution in [0.2, 0.25) is 5.02 Å². The average molecular weight is 244 g/mol. The molecule has 3 heteroatoms. The van der Waals surface area contributed by atoms with Crippen LogP contribution in [0.3, 0.4) is 0 Å². The molecule has 0 aliphatic carbocycles. The molecule has 0 saturated heterocycles. The highest BCUT2D eigenvalue weighted by molar-refractivity contribution is 7.99. The summed E-state index contributed by atoms with van der Waals surface area (Å²) in [7, 11) is 0. The number of nitrogens with two attached hydrogens (primary N) is 1. The Morgan fingerprint density at radius 3 is 2.73 bits per heavy atom. The molecule has 0 bridgehead atoms. The van der Waals surface area contributed by atoms with E-state index < -0.39 is 0 Å². The Morgan fingerprint density at radius 2 is 2.13 bits per heavy atom. The molecule has 2 N–H and O–H groups in total. The third-order valence-corrected chi connectivity index (χ3v) is 3.57. The van der Waals surface area contributed by atoms with Crippen LogP contribution in [0, 0.1) is 5.92 Å². The monoisotopic (exact) mass is 243 g/mol. The average Bonchev–Trinajstić information content (AvgIpc) is 2.18. The van der Waals surface area contributed by atoms with E-state index in [4.69, 9.17) is 17.3 Å². The van der Waals surface area contributed by atoms with E-state index in [1.807, 2.05) is 30.0 Å². The predicted octanol–water partition coefficient (Wildman–Crippen LogP) is 4.45. The fourth-order valence-corrected chi connectivity index (χ4v) is 2.44. The normalized spacial score (nSPS) is 10.9. The lowest BCUT2D eigenvalue weighted by atomic mass is 10.1. The Bertz CT molecular complexity index is 312. The standard InChI is InChI=1S/C12H18ClNS/c1-9(2)4-3-7-15-10-5-6-12(14)11(13)8-10/h5-6,8-9H,3-4,7,14H2,1-2H3. The molecule has 0 atom stereocenters. The van der Waals surface area contributed by atoms with Crippen molar-refractivity contribution in [3.05, 3.63) is 23.2 Å². The molecule has 0 unspecified atom stereocenters. The molecule has 1 aromatic carbocycles. The number of hydrogen-bond acceptors (Lipinski definition) is 2. The van der Waals surface area contributed by atoms with Gasteiger partial charge in [-0.1, -0.05) is 31.9 Å². The van der Waals surface area contributed by atoms with Crippen molar-refractivity contribution in [2.24, 2.45) is 5.92 Å². The van der Waals surface area contributed by atoms with E-state index in [9.17, 15) is 0 Å². The Labute approximate surface area is 101 Å². The summed E-state index contributed by atoms with van der Waals surface area (Å²) in [5.41, 5.74) is 6.30. The highest BCUT2D eigenvalue weighted by Crippen LogP contribution is 2.27. The maximum atomic E-state index is 5.94. The minimum absolute atomic E-state index is 0.656. The number of anilines is 1. The lowest BCUT2D eigenvalue weighted by Crippen LogP contribution is -1.89. The maximum Gasteiger partial charge on any atom is 0.0646 e. The summed E-state index contributed by atoms with van der Waals surface area (Å²) in [6, 6.07) is 5.84. The van der Waals surface area contributed by atoms with Crippen molar-refractivity contribution in [3.8, 4) is 0 Å². The summed E-state index contributed by atoms with van der Waals surface area (Å²) in [5.74, 6) is 1.94. The van der Waals surface area contributed by atoms with Crippen LogP contribution in [0.4, 0.5) is 5.69 Å². The first-order valence-corrected chi connectivity index (χ1v) is 6.64. The number of nitrogen functional groups attached to an aromatic ring is 1. The predicted molar refractivity (Wildman–Crippen MR) is 70.7 cm³/mol. The summed E-state index contributed by atoms with van der Waals surface area (Å²) in [6.45, 7) is 4.51. The second-order valence-electron chi connectivity index (χ2n) is 4.07. The van der Waals surface area contributed by atoms with E-state index in [2.05, 4.69) is 13.8 Å².